The third-order valence-electron chi connectivity index (χ3n) is 3.54. The minimum Gasteiger partial charge on any atom is -0.409 e. The molecule has 0 heterocycles. The van der Waals surface area contributed by atoms with Gasteiger partial charge in [-0.2, -0.15) is 4.31 Å². The first-order valence-corrected chi connectivity index (χ1v) is 7.42. The van der Waals surface area contributed by atoms with Crippen molar-refractivity contribution in [3.63, 3.8) is 0 Å². The lowest BCUT2D eigenvalue weighted by atomic mass is 9.84. The van der Waals surface area contributed by atoms with Crippen molar-refractivity contribution in [2.75, 3.05) is 12.8 Å². The molecule has 1 rings (SSSR count). The van der Waals surface area contributed by atoms with Gasteiger partial charge in [0.25, 0.3) is 0 Å². The number of rotatable bonds is 6. The summed E-state index contributed by atoms with van der Waals surface area (Å²) in [6.45, 7) is 1.59. The van der Waals surface area contributed by atoms with Gasteiger partial charge in [0.2, 0.25) is 10.0 Å². The molecule has 1 saturated carbocycles. The van der Waals surface area contributed by atoms with Gasteiger partial charge in [-0.3, -0.25) is 0 Å². The molecule has 0 aromatic heterocycles. The molecule has 1 atom stereocenters. The van der Waals surface area contributed by atoms with Gasteiger partial charge in [-0.05, 0) is 19.3 Å². The van der Waals surface area contributed by atoms with Crippen LogP contribution >= 0.6 is 0 Å². The van der Waals surface area contributed by atoms with Gasteiger partial charge in [0.1, 0.15) is 0 Å². The lowest BCUT2D eigenvalue weighted by Crippen LogP contribution is -2.44. The maximum atomic E-state index is 12.0. The van der Waals surface area contributed by atoms with E-state index in [9.17, 15) is 8.42 Å². The highest BCUT2D eigenvalue weighted by Crippen LogP contribution is 2.29. The van der Waals surface area contributed by atoms with Crippen molar-refractivity contribution in [3.8, 4) is 0 Å². The third kappa shape index (κ3) is 3.57. The Morgan fingerprint density at radius 1 is 1.59 bits per heavy atom. The third-order valence-corrected chi connectivity index (χ3v) is 5.48. The molecule has 0 aliphatic heterocycles. The van der Waals surface area contributed by atoms with Crippen molar-refractivity contribution in [2.24, 2.45) is 16.8 Å². The zero-order valence-corrected chi connectivity index (χ0v) is 11.2. The lowest BCUT2D eigenvalue weighted by Gasteiger charge is -2.27. The Labute approximate surface area is 103 Å². The maximum absolute atomic E-state index is 12.0. The smallest absolute Gasteiger partial charge is 0.214 e. The quantitative estimate of drug-likeness (QED) is 0.317. The molecule has 0 bridgehead atoms. The van der Waals surface area contributed by atoms with Crippen LogP contribution in [0.25, 0.3) is 0 Å². The average Bonchev–Trinajstić information content (AvgIpc) is 2.23. The monoisotopic (exact) mass is 263 g/mol. The fraction of sp³-hybridized carbons (Fsp3) is 0.900. The molecule has 100 valence electrons. The zero-order chi connectivity index (χ0) is 13.1. The van der Waals surface area contributed by atoms with Crippen molar-refractivity contribution >= 4 is 15.9 Å². The largest absolute Gasteiger partial charge is 0.409 e. The topological polar surface area (TPSA) is 96.0 Å². The van der Waals surface area contributed by atoms with Crippen LogP contribution < -0.4 is 5.73 Å². The van der Waals surface area contributed by atoms with Crippen LogP contribution in [0.3, 0.4) is 0 Å². The normalized spacial score (nSPS) is 20.3. The van der Waals surface area contributed by atoms with E-state index in [0.717, 1.165) is 12.8 Å². The highest BCUT2D eigenvalue weighted by molar-refractivity contribution is 7.89. The Morgan fingerprint density at radius 2 is 2.18 bits per heavy atom. The average molecular weight is 263 g/mol. The van der Waals surface area contributed by atoms with Gasteiger partial charge in [0, 0.05) is 7.05 Å². The van der Waals surface area contributed by atoms with E-state index in [2.05, 4.69) is 5.16 Å². The molecule has 1 aliphatic carbocycles. The van der Waals surface area contributed by atoms with E-state index in [-0.39, 0.29) is 11.6 Å². The van der Waals surface area contributed by atoms with Crippen LogP contribution in [0.2, 0.25) is 0 Å². The predicted molar refractivity (Wildman–Crippen MR) is 66.4 cm³/mol. The van der Waals surface area contributed by atoms with Gasteiger partial charge in [0.05, 0.1) is 11.8 Å². The van der Waals surface area contributed by atoms with Gasteiger partial charge in [0.15, 0.2) is 5.84 Å². The molecule has 0 aromatic carbocycles. The second-order valence-electron chi connectivity index (χ2n) is 4.62. The summed E-state index contributed by atoms with van der Waals surface area (Å²) < 4.78 is 25.1. The molecule has 0 aromatic rings. The van der Waals surface area contributed by atoms with E-state index in [1.165, 1.54) is 17.8 Å². The van der Waals surface area contributed by atoms with Gasteiger partial charge in [-0.1, -0.05) is 24.4 Å². The molecular weight excluding hydrogens is 242 g/mol. The number of hydrogen-bond donors (Lipinski definition) is 2. The molecule has 1 fully saturated rings. The number of nitrogens with two attached hydrogens (primary N) is 1. The fourth-order valence-corrected chi connectivity index (χ4v) is 3.26. The Bertz CT molecular complexity index is 376. The number of amidine groups is 1. The van der Waals surface area contributed by atoms with Gasteiger partial charge in [-0.25, -0.2) is 8.42 Å². The second kappa shape index (κ2) is 5.68. The number of sulfonamides is 1. The van der Waals surface area contributed by atoms with Crippen molar-refractivity contribution < 1.29 is 13.6 Å². The van der Waals surface area contributed by atoms with Crippen molar-refractivity contribution in [2.45, 2.75) is 38.6 Å². The maximum Gasteiger partial charge on any atom is 0.214 e. The highest BCUT2D eigenvalue weighted by atomic mass is 32.2. The summed E-state index contributed by atoms with van der Waals surface area (Å²) in [5.41, 5.74) is 5.40. The van der Waals surface area contributed by atoms with Crippen LogP contribution in [0.4, 0.5) is 0 Å². The van der Waals surface area contributed by atoms with E-state index in [4.69, 9.17) is 10.9 Å². The minimum atomic E-state index is -3.32. The van der Waals surface area contributed by atoms with E-state index in [1.807, 2.05) is 0 Å². The van der Waals surface area contributed by atoms with Crippen molar-refractivity contribution in [1.82, 2.24) is 4.31 Å². The summed E-state index contributed by atoms with van der Waals surface area (Å²) in [7, 11) is -1.87. The lowest BCUT2D eigenvalue weighted by molar-refractivity contribution is 0.303. The molecule has 1 unspecified atom stereocenters. The van der Waals surface area contributed by atoms with E-state index >= 15 is 0 Å². The number of likely N-dealkylation sites (N-methyl/N-ethyl adjacent to an activating group) is 1. The van der Waals surface area contributed by atoms with Crippen LogP contribution in [0.5, 0.6) is 0 Å². The van der Waals surface area contributed by atoms with Crippen LogP contribution in [0.1, 0.15) is 32.6 Å². The molecule has 0 saturated heterocycles. The summed E-state index contributed by atoms with van der Waals surface area (Å²) >= 11 is 0. The predicted octanol–water partition coefficient (Wildman–Crippen LogP) is 0.573. The number of nitrogens with zero attached hydrogens (tertiary/aromatic N) is 2. The molecule has 0 radical (unpaired) electrons. The minimum absolute atomic E-state index is 0.0975. The first-order valence-electron chi connectivity index (χ1n) is 5.81. The zero-order valence-electron chi connectivity index (χ0n) is 10.3. The molecule has 0 spiro atoms. The van der Waals surface area contributed by atoms with E-state index < -0.39 is 16.1 Å². The van der Waals surface area contributed by atoms with Gasteiger partial charge < -0.3 is 10.9 Å². The molecule has 0 amide bonds. The molecule has 17 heavy (non-hydrogen) atoms. The standard InChI is InChI=1S/C10H21N3O3S/c1-8(10(11)12-14)13(2)17(15,16)7-6-9-4-3-5-9/h8-9,14H,3-7H2,1-2H3,(H2,11,12). The Hall–Kier alpha value is -0.820. The SMILES string of the molecule is CC(C(N)=NO)N(C)S(=O)(=O)CCC1CCC1. The molecule has 1 aliphatic rings. The summed E-state index contributed by atoms with van der Waals surface area (Å²) in [5.74, 6) is 0.592. The van der Waals surface area contributed by atoms with Gasteiger partial charge >= 0.3 is 0 Å². The Morgan fingerprint density at radius 3 is 2.59 bits per heavy atom. The Balaban J connectivity index is 2.55. The van der Waals surface area contributed by atoms with Crippen molar-refractivity contribution in [1.29, 1.82) is 0 Å². The first kappa shape index (κ1) is 14.2. The summed E-state index contributed by atoms with van der Waals surface area (Å²) in [5, 5.41) is 11.4. The second-order valence-corrected chi connectivity index (χ2v) is 6.77. The van der Waals surface area contributed by atoms with Crippen LogP contribution in [-0.2, 0) is 10.0 Å². The summed E-state index contributed by atoms with van der Waals surface area (Å²) in [4.78, 5) is 0. The summed E-state index contributed by atoms with van der Waals surface area (Å²) in [6.07, 6.45) is 4.18. The molecule has 3 N–H and O–H groups in total. The Kier molecular flexibility index (Phi) is 4.76. The van der Waals surface area contributed by atoms with Gasteiger partial charge in [-0.15, -0.1) is 0 Å². The van der Waals surface area contributed by atoms with E-state index in [0.29, 0.717) is 12.3 Å². The highest BCUT2D eigenvalue weighted by Gasteiger charge is 2.27. The van der Waals surface area contributed by atoms with Crippen LogP contribution in [-0.4, -0.2) is 42.6 Å². The number of oxime groups is 1. The van der Waals surface area contributed by atoms with Crippen LogP contribution in [0.15, 0.2) is 5.16 Å². The van der Waals surface area contributed by atoms with E-state index in [1.54, 1.807) is 6.92 Å². The van der Waals surface area contributed by atoms with Crippen LogP contribution in [0, 0.1) is 5.92 Å². The number of hydrogen-bond acceptors (Lipinski definition) is 4. The summed E-state index contributed by atoms with van der Waals surface area (Å²) in [6, 6.07) is -0.619. The first-order chi connectivity index (χ1) is 7.88. The molecule has 7 heteroatoms. The fourth-order valence-electron chi connectivity index (χ4n) is 1.75. The molecular formula is C10H21N3O3S. The molecule has 6 nitrogen and oxygen atoms in total. The van der Waals surface area contributed by atoms with Crippen molar-refractivity contribution in [3.05, 3.63) is 0 Å².